The molecule has 2 nitrogen and oxygen atoms in total. The second-order valence-corrected chi connectivity index (χ2v) is 8.97. The van der Waals surface area contributed by atoms with Crippen LogP contribution in [0.2, 0.25) is 0 Å². The van der Waals surface area contributed by atoms with Gasteiger partial charge in [0.25, 0.3) is 0 Å². The molecule has 5 aromatic carbocycles. The van der Waals surface area contributed by atoms with Gasteiger partial charge in [-0.2, -0.15) is 0 Å². The second kappa shape index (κ2) is 6.34. The molecule has 31 heavy (non-hydrogen) atoms. The summed E-state index contributed by atoms with van der Waals surface area (Å²) in [6, 6.07) is 37.3. The van der Waals surface area contributed by atoms with E-state index in [-0.39, 0.29) is 0 Å². The zero-order chi connectivity index (χ0) is 20.5. The molecule has 0 spiro atoms. The van der Waals surface area contributed by atoms with Gasteiger partial charge in [-0.25, -0.2) is 0 Å². The van der Waals surface area contributed by atoms with E-state index >= 15 is 0 Å². The van der Waals surface area contributed by atoms with Crippen molar-refractivity contribution in [3.63, 3.8) is 0 Å². The van der Waals surface area contributed by atoms with Crippen molar-refractivity contribution >= 4 is 77.2 Å². The molecule has 0 saturated carbocycles. The Bertz CT molecular complexity index is 1790. The molecule has 2 heterocycles. The van der Waals surface area contributed by atoms with Gasteiger partial charge in [-0.1, -0.05) is 66.7 Å². The minimum atomic E-state index is 1.19. The fraction of sp³-hybridized carbons (Fsp3) is 0. The first kappa shape index (κ1) is 17.4. The quantitative estimate of drug-likeness (QED) is 0.198. The van der Waals surface area contributed by atoms with Gasteiger partial charge in [-0.15, -0.1) is 0 Å². The van der Waals surface area contributed by atoms with Crippen molar-refractivity contribution in [2.75, 3.05) is 0 Å². The second-order valence-electron chi connectivity index (χ2n) is 8.00. The molecule has 146 valence electrons. The van der Waals surface area contributed by atoms with Crippen molar-refractivity contribution in [2.24, 2.45) is 0 Å². The molecule has 0 bridgehead atoms. The van der Waals surface area contributed by atoms with Gasteiger partial charge in [0.1, 0.15) is 0 Å². The van der Waals surface area contributed by atoms with Crippen molar-refractivity contribution < 1.29 is 0 Å². The molecule has 0 aliphatic carbocycles. The van der Waals surface area contributed by atoms with Gasteiger partial charge in [0, 0.05) is 27.2 Å². The minimum Gasteiger partial charge on any atom is -0.309 e. The van der Waals surface area contributed by atoms with E-state index in [1.807, 2.05) is 0 Å². The van der Waals surface area contributed by atoms with Gasteiger partial charge in [-0.05, 0) is 47.2 Å². The van der Waals surface area contributed by atoms with Crippen LogP contribution in [0.15, 0.2) is 103 Å². The van der Waals surface area contributed by atoms with Crippen LogP contribution in [-0.4, -0.2) is 7.35 Å². The van der Waals surface area contributed by atoms with Crippen LogP contribution >= 0.6 is 22.9 Å². The number of hydrogen-bond acceptors (Lipinski definition) is 0. The lowest BCUT2D eigenvalue weighted by Gasteiger charge is -2.08. The molecular formula is C28H17IN2. The standard InChI is InChI=1S/C28H17IN2/c29-31-24-13-7-5-11-22(24)28-20-14-16-25-27(19(20)15-17-26(28)31)21-10-4-6-12-23(21)30(25)18-8-2-1-3-9-18/h1-17H. The maximum atomic E-state index is 2.42. The Morgan fingerprint density at radius 1 is 0.419 bits per heavy atom. The molecule has 0 N–H and O–H groups in total. The normalized spacial score (nSPS) is 12.0. The van der Waals surface area contributed by atoms with Crippen LogP contribution in [0.4, 0.5) is 0 Å². The Morgan fingerprint density at radius 3 is 1.71 bits per heavy atom. The molecule has 0 aliphatic heterocycles. The highest BCUT2D eigenvalue weighted by Gasteiger charge is 2.17. The maximum absolute atomic E-state index is 2.42. The highest BCUT2D eigenvalue weighted by Crippen LogP contribution is 2.41. The Morgan fingerprint density at radius 2 is 0.968 bits per heavy atom. The smallest absolute Gasteiger partial charge is 0.0646 e. The number of aromatic nitrogens is 2. The third-order valence-electron chi connectivity index (χ3n) is 6.42. The largest absolute Gasteiger partial charge is 0.309 e. The average molecular weight is 508 g/mol. The summed E-state index contributed by atoms with van der Waals surface area (Å²) in [5, 5.41) is 7.88. The van der Waals surface area contributed by atoms with Crippen LogP contribution in [0.3, 0.4) is 0 Å². The van der Waals surface area contributed by atoms with Crippen molar-refractivity contribution in [1.29, 1.82) is 0 Å². The molecule has 7 aromatic rings. The van der Waals surface area contributed by atoms with Crippen molar-refractivity contribution in [3.8, 4) is 5.69 Å². The highest BCUT2D eigenvalue weighted by molar-refractivity contribution is 14.1. The first-order valence-electron chi connectivity index (χ1n) is 10.4. The van der Waals surface area contributed by atoms with Crippen LogP contribution in [0.25, 0.3) is 60.1 Å². The van der Waals surface area contributed by atoms with Gasteiger partial charge in [0.05, 0.1) is 44.9 Å². The number of para-hydroxylation sites is 3. The van der Waals surface area contributed by atoms with E-state index in [1.165, 1.54) is 60.1 Å². The minimum absolute atomic E-state index is 1.19. The molecule has 3 heteroatoms. The van der Waals surface area contributed by atoms with E-state index in [1.54, 1.807) is 0 Å². The number of rotatable bonds is 1. The average Bonchev–Trinajstić information content (AvgIpc) is 3.32. The van der Waals surface area contributed by atoms with Gasteiger partial charge in [-0.3, -0.25) is 2.78 Å². The molecule has 0 aliphatic rings. The summed E-state index contributed by atoms with van der Waals surface area (Å²) < 4.78 is 4.66. The Labute approximate surface area is 192 Å². The van der Waals surface area contributed by atoms with Crippen molar-refractivity contribution in [2.45, 2.75) is 0 Å². The SMILES string of the molecule is In1c2ccccc2c2c3ccc4c(c3ccc21)c1ccccc1n4-c1ccccc1. The van der Waals surface area contributed by atoms with Crippen molar-refractivity contribution in [1.82, 2.24) is 7.35 Å². The molecule has 0 unspecified atom stereocenters. The summed E-state index contributed by atoms with van der Waals surface area (Å²) in [6.07, 6.45) is 0. The predicted octanol–water partition coefficient (Wildman–Crippen LogP) is 8.24. The molecule has 2 aromatic heterocycles. The van der Waals surface area contributed by atoms with Crippen LogP contribution in [0.5, 0.6) is 0 Å². The summed E-state index contributed by atoms with van der Waals surface area (Å²) in [7, 11) is 0. The summed E-state index contributed by atoms with van der Waals surface area (Å²) in [5.74, 6) is 0. The predicted molar refractivity (Wildman–Crippen MR) is 141 cm³/mol. The zero-order valence-electron chi connectivity index (χ0n) is 16.6. The van der Waals surface area contributed by atoms with E-state index in [4.69, 9.17) is 0 Å². The van der Waals surface area contributed by atoms with Crippen molar-refractivity contribution in [3.05, 3.63) is 103 Å². The third kappa shape index (κ3) is 2.27. The van der Waals surface area contributed by atoms with E-state index in [9.17, 15) is 0 Å². The van der Waals surface area contributed by atoms with E-state index < -0.39 is 0 Å². The Kier molecular flexibility index (Phi) is 3.56. The number of fused-ring (bicyclic) bond motifs is 9. The summed E-state index contributed by atoms with van der Waals surface area (Å²) >= 11 is 2.42. The Hall–Kier alpha value is -3.31. The summed E-state index contributed by atoms with van der Waals surface area (Å²) in [4.78, 5) is 0. The summed E-state index contributed by atoms with van der Waals surface area (Å²) in [6.45, 7) is 0. The summed E-state index contributed by atoms with van der Waals surface area (Å²) in [5.41, 5.74) is 6.21. The first-order valence-corrected chi connectivity index (χ1v) is 11.4. The molecule has 7 rings (SSSR count). The topological polar surface area (TPSA) is 9.86 Å². The van der Waals surface area contributed by atoms with Gasteiger partial charge >= 0.3 is 0 Å². The van der Waals surface area contributed by atoms with E-state index in [2.05, 4.69) is 133 Å². The Balaban J connectivity index is 1.73. The molecular weight excluding hydrogens is 491 g/mol. The lowest BCUT2D eigenvalue weighted by Crippen LogP contribution is -1.92. The lowest BCUT2D eigenvalue weighted by molar-refractivity contribution is 1.18. The number of halogens is 1. The molecule has 0 radical (unpaired) electrons. The maximum Gasteiger partial charge on any atom is 0.0646 e. The molecule has 0 amide bonds. The lowest BCUT2D eigenvalue weighted by atomic mass is 9.99. The van der Waals surface area contributed by atoms with Gasteiger partial charge in [0.2, 0.25) is 0 Å². The fourth-order valence-corrected chi connectivity index (χ4v) is 5.97. The highest BCUT2D eigenvalue weighted by atomic mass is 127. The molecule has 0 atom stereocenters. The number of nitrogens with zero attached hydrogens (tertiary/aromatic N) is 2. The van der Waals surface area contributed by atoms with E-state index in [0.29, 0.717) is 0 Å². The molecule has 0 saturated heterocycles. The zero-order valence-corrected chi connectivity index (χ0v) is 18.7. The van der Waals surface area contributed by atoms with Crippen LogP contribution in [0.1, 0.15) is 0 Å². The van der Waals surface area contributed by atoms with Crippen LogP contribution in [0, 0.1) is 0 Å². The van der Waals surface area contributed by atoms with Gasteiger partial charge < -0.3 is 4.57 Å². The van der Waals surface area contributed by atoms with Gasteiger partial charge in [0.15, 0.2) is 0 Å². The fourth-order valence-electron chi connectivity index (χ4n) is 5.15. The first-order chi connectivity index (χ1) is 15.3. The van der Waals surface area contributed by atoms with E-state index in [0.717, 1.165) is 0 Å². The molecule has 0 fully saturated rings. The van der Waals surface area contributed by atoms with Crippen LogP contribution in [-0.2, 0) is 0 Å². The monoisotopic (exact) mass is 508 g/mol. The number of benzene rings is 5. The third-order valence-corrected chi connectivity index (χ3v) is 7.46. The number of hydrogen-bond donors (Lipinski definition) is 0. The van der Waals surface area contributed by atoms with Crippen LogP contribution < -0.4 is 0 Å².